The maximum atomic E-state index is 14.1. The molecule has 0 N–H and O–H groups in total. The van der Waals surface area contributed by atoms with Crippen molar-refractivity contribution in [3.63, 3.8) is 0 Å². The second-order valence-corrected chi connectivity index (χ2v) is 7.83. The molecule has 0 unspecified atom stereocenters. The minimum absolute atomic E-state index is 0.0307. The summed E-state index contributed by atoms with van der Waals surface area (Å²) in [5, 5.41) is 2.43. The fourth-order valence-corrected chi connectivity index (χ4v) is 4.28. The van der Waals surface area contributed by atoms with E-state index in [-0.39, 0.29) is 11.0 Å². The van der Waals surface area contributed by atoms with E-state index in [1.54, 1.807) is 0 Å². The van der Waals surface area contributed by atoms with Gasteiger partial charge in [-0.25, -0.2) is 23.7 Å². The van der Waals surface area contributed by atoms with Crippen LogP contribution in [0.3, 0.4) is 0 Å². The topological polar surface area (TPSA) is 43.6 Å². The first-order chi connectivity index (χ1) is 15.1. The third-order valence-corrected chi connectivity index (χ3v) is 6.01. The molecule has 0 saturated carbocycles. The lowest BCUT2D eigenvalue weighted by atomic mass is 10.1. The lowest BCUT2D eigenvalue weighted by Crippen LogP contribution is -2.27. The summed E-state index contributed by atoms with van der Waals surface area (Å²) in [4.78, 5) is 13.3. The van der Waals surface area contributed by atoms with E-state index < -0.39 is 11.6 Å². The number of allylic oxidation sites excluding steroid dienone is 2. The molecule has 0 fully saturated rings. The average Bonchev–Trinajstić information content (AvgIpc) is 2.96. The number of hydrogen-bond donors (Lipinski definition) is 0. The van der Waals surface area contributed by atoms with Crippen LogP contribution in [0.15, 0.2) is 42.6 Å². The van der Waals surface area contributed by atoms with Gasteiger partial charge in [0.1, 0.15) is 16.9 Å². The molecule has 2 heterocycles. The normalized spacial score (nSPS) is 13.5. The van der Waals surface area contributed by atoms with Gasteiger partial charge in [-0.05, 0) is 42.7 Å². The summed E-state index contributed by atoms with van der Waals surface area (Å²) in [5.41, 5.74) is 4.02. The molecule has 31 heavy (non-hydrogen) atoms. The molecular weight excluding hydrogens is 394 g/mol. The van der Waals surface area contributed by atoms with Crippen molar-refractivity contribution in [2.75, 3.05) is 0 Å². The van der Waals surface area contributed by atoms with Gasteiger partial charge in [0.15, 0.2) is 11.6 Å². The minimum atomic E-state index is -0.569. The predicted molar refractivity (Wildman–Crippen MR) is 119 cm³/mol. The molecule has 1 aliphatic rings. The molecule has 0 saturated heterocycles. The van der Waals surface area contributed by atoms with Crippen molar-refractivity contribution >= 4 is 33.7 Å². The highest BCUT2D eigenvalue weighted by atomic mass is 19.1. The summed E-state index contributed by atoms with van der Waals surface area (Å²) in [6, 6.07) is 6.48. The Kier molecular flexibility index (Phi) is 4.85. The van der Waals surface area contributed by atoms with Crippen molar-refractivity contribution in [2.24, 2.45) is 7.05 Å². The Bertz CT molecular complexity index is 1480. The molecule has 0 aliphatic heterocycles. The van der Waals surface area contributed by atoms with Crippen LogP contribution in [0.25, 0.3) is 33.7 Å². The van der Waals surface area contributed by atoms with E-state index >= 15 is 0 Å². The lowest BCUT2D eigenvalue weighted by Gasteiger charge is -2.05. The summed E-state index contributed by atoms with van der Waals surface area (Å²) in [6.07, 6.45) is 11.1. The van der Waals surface area contributed by atoms with E-state index in [9.17, 15) is 8.78 Å². The molecule has 0 radical (unpaired) electrons. The number of halogens is 2. The Morgan fingerprint density at radius 3 is 2.58 bits per heavy atom. The molecule has 0 atom stereocenters. The Morgan fingerprint density at radius 2 is 1.77 bits per heavy atom. The van der Waals surface area contributed by atoms with Gasteiger partial charge < -0.3 is 4.57 Å². The first-order valence-electron chi connectivity index (χ1n) is 10.5. The Balaban J connectivity index is 1.54. The summed E-state index contributed by atoms with van der Waals surface area (Å²) in [6.45, 7) is 2.19. The number of aromatic nitrogens is 4. The second-order valence-electron chi connectivity index (χ2n) is 7.83. The number of imidazole rings is 1. The average molecular weight is 416 g/mol. The van der Waals surface area contributed by atoms with Gasteiger partial charge in [0.25, 0.3) is 0 Å². The molecule has 0 amide bonds. The van der Waals surface area contributed by atoms with Gasteiger partial charge in [0.2, 0.25) is 0 Å². The summed E-state index contributed by atoms with van der Waals surface area (Å²) in [7, 11) is 2.01. The zero-order valence-electron chi connectivity index (χ0n) is 17.5. The third kappa shape index (κ3) is 3.32. The van der Waals surface area contributed by atoms with Gasteiger partial charge in [-0.3, -0.25) is 0 Å². The summed E-state index contributed by atoms with van der Waals surface area (Å²) >= 11 is 0. The standard InChI is InChI=1S/C25H22F2N4/c1-3-15-6-4-5-7-18-17(15)9-12-21-23(18)30-22(31(21)2)13-8-16-14-28-24-19(26)10-11-20(27)25(24)29-16/h4-5,7,9-12,14H,3,6,8,13H2,1-2H3. The maximum Gasteiger partial charge on any atom is 0.151 e. The van der Waals surface area contributed by atoms with Gasteiger partial charge >= 0.3 is 0 Å². The molecule has 5 rings (SSSR count). The molecular formula is C25H22F2N4. The summed E-state index contributed by atoms with van der Waals surface area (Å²) in [5.74, 6) is -0.215. The molecule has 0 bridgehead atoms. The fraction of sp³-hybridized carbons (Fsp3) is 0.240. The van der Waals surface area contributed by atoms with Gasteiger partial charge in [0, 0.05) is 24.9 Å². The zero-order valence-corrected chi connectivity index (χ0v) is 17.5. The van der Waals surface area contributed by atoms with Crippen LogP contribution in [0, 0.1) is 11.6 Å². The monoisotopic (exact) mass is 416 g/mol. The quantitative estimate of drug-likeness (QED) is 0.507. The minimum Gasteiger partial charge on any atom is -0.331 e. The largest absolute Gasteiger partial charge is 0.331 e. The van der Waals surface area contributed by atoms with E-state index in [1.165, 1.54) is 17.0 Å². The number of benzene rings is 2. The van der Waals surface area contributed by atoms with E-state index in [2.05, 4.69) is 51.8 Å². The molecule has 2 aromatic heterocycles. The smallest absolute Gasteiger partial charge is 0.151 e. The van der Waals surface area contributed by atoms with Gasteiger partial charge in [-0.15, -0.1) is 0 Å². The first kappa shape index (κ1) is 19.5. The van der Waals surface area contributed by atoms with Crippen molar-refractivity contribution in [1.82, 2.24) is 19.5 Å². The molecule has 1 aliphatic carbocycles. The third-order valence-electron chi connectivity index (χ3n) is 6.01. The SMILES string of the molecule is CCC1=c2ccc3c(nc(CCc4cnc5c(F)ccc(F)c5n4)n3C)c2=CC=CC1. The van der Waals surface area contributed by atoms with Crippen molar-refractivity contribution in [1.29, 1.82) is 0 Å². The van der Waals surface area contributed by atoms with E-state index in [1.807, 2.05) is 7.05 Å². The molecule has 4 aromatic rings. The molecule has 0 spiro atoms. The molecule has 4 nitrogen and oxygen atoms in total. The van der Waals surface area contributed by atoms with Crippen LogP contribution in [0.4, 0.5) is 8.78 Å². The molecule has 156 valence electrons. The fourth-order valence-electron chi connectivity index (χ4n) is 4.28. The number of rotatable bonds is 4. The van der Waals surface area contributed by atoms with E-state index in [0.717, 1.165) is 47.1 Å². The van der Waals surface area contributed by atoms with Gasteiger partial charge in [-0.1, -0.05) is 36.8 Å². The van der Waals surface area contributed by atoms with Crippen LogP contribution in [0.2, 0.25) is 0 Å². The zero-order chi connectivity index (χ0) is 21.5. The van der Waals surface area contributed by atoms with Crippen LogP contribution in [0.1, 0.15) is 31.3 Å². The van der Waals surface area contributed by atoms with Crippen LogP contribution in [-0.2, 0) is 19.9 Å². The van der Waals surface area contributed by atoms with Crippen molar-refractivity contribution in [3.05, 3.63) is 76.2 Å². The van der Waals surface area contributed by atoms with Crippen LogP contribution in [-0.4, -0.2) is 19.5 Å². The van der Waals surface area contributed by atoms with Crippen LogP contribution < -0.4 is 10.4 Å². The lowest BCUT2D eigenvalue weighted by molar-refractivity contribution is 0.611. The number of aryl methyl sites for hydroxylation is 3. The maximum absolute atomic E-state index is 14.1. The van der Waals surface area contributed by atoms with Crippen molar-refractivity contribution in [2.45, 2.75) is 32.6 Å². The van der Waals surface area contributed by atoms with E-state index in [4.69, 9.17) is 4.98 Å². The number of nitrogens with zero attached hydrogens (tertiary/aromatic N) is 4. The highest BCUT2D eigenvalue weighted by Crippen LogP contribution is 2.19. The van der Waals surface area contributed by atoms with Crippen LogP contribution >= 0.6 is 0 Å². The number of hydrogen-bond acceptors (Lipinski definition) is 3. The molecule has 2 aromatic carbocycles. The Hall–Kier alpha value is -3.41. The Morgan fingerprint density at radius 1 is 0.968 bits per heavy atom. The van der Waals surface area contributed by atoms with Crippen molar-refractivity contribution < 1.29 is 8.78 Å². The van der Waals surface area contributed by atoms with Crippen molar-refractivity contribution in [3.8, 4) is 0 Å². The first-order valence-corrected chi connectivity index (χ1v) is 10.5. The van der Waals surface area contributed by atoms with Gasteiger partial charge in [-0.2, -0.15) is 0 Å². The van der Waals surface area contributed by atoms with E-state index in [0.29, 0.717) is 18.5 Å². The Labute approximate surface area is 178 Å². The molecule has 6 heteroatoms. The number of fused-ring (bicyclic) bond motifs is 4. The predicted octanol–water partition coefficient (Wildman–Crippen LogP) is 3.88. The summed E-state index contributed by atoms with van der Waals surface area (Å²) < 4.78 is 30.0. The second kappa shape index (κ2) is 7.69. The van der Waals surface area contributed by atoms with Crippen LogP contribution in [0.5, 0.6) is 0 Å². The highest BCUT2D eigenvalue weighted by molar-refractivity contribution is 5.79. The van der Waals surface area contributed by atoms with Gasteiger partial charge in [0.05, 0.1) is 16.7 Å². The highest BCUT2D eigenvalue weighted by Gasteiger charge is 2.13.